The molecule has 2 heterocycles. The van der Waals surface area contributed by atoms with E-state index in [1.807, 2.05) is 0 Å². The van der Waals surface area contributed by atoms with Gasteiger partial charge in [-0.2, -0.15) is 0 Å². The first-order valence-corrected chi connectivity index (χ1v) is 8.03. The van der Waals surface area contributed by atoms with Gasteiger partial charge in [0.25, 0.3) is 0 Å². The van der Waals surface area contributed by atoms with Crippen molar-refractivity contribution >= 4 is 27.2 Å². The summed E-state index contributed by atoms with van der Waals surface area (Å²) in [6.07, 6.45) is 2.58. The molecule has 1 aromatic heterocycles. The molecule has 1 atom stereocenters. The molecule has 1 aliphatic rings. The second-order valence-electron chi connectivity index (χ2n) is 4.58. The van der Waals surface area contributed by atoms with Gasteiger partial charge in [0.15, 0.2) is 9.84 Å². The second-order valence-corrected chi connectivity index (χ2v) is 6.81. The van der Waals surface area contributed by atoms with Crippen LogP contribution < -0.4 is 10.6 Å². The maximum Gasteiger partial charge on any atom is 0.224 e. The van der Waals surface area contributed by atoms with Gasteiger partial charge in [-0.3, -0.25) is 4.79 Å². The molecule has 0 saturated carbocycles. The number of carbonyl (C=O) groups is 1. The van der Waals surface area contributed by atoms with Crippen molar-refractivity contribution in [2.75, 3.05) is 22.1 Å². The molecule has 0 spiro atoms. The third-order valence-corrected chi connectivity index (χ3v) is 4.72. The number of sulfone groups is 1. The molecule has 1 saturated heterocycles. The van der Waals surface area contributed by atoms with E-state index in [1.165, 1.54) is 0 Å². The Balaban J connectivity index is 1.94. The number of rotatable bonds is 4. The Bertz CT molecular complexity index is 554. The van der Waals surface area contributed by atoms with Crippen molar-refractivity contribution in [1.29, 1.82) is 0 Å². The fourth-order valence-corrected chi connectivity index (χ4v) is 3.59. The van der Waals surface area contributed by atoms with Crippen LogP contribution in [0, 0.1) is 0 Å². The van der Waals surface area contributed by atoms with E-state index >= 15 is 0 Å². The summed E-state index contributed by atoms with van der Waals surface area (Å²) < 4.78 is 22.7. The van der Waals surface area contributed by atoms with E-state index in [-0.39, 0.29) is 23.5 Å². The van der Waals surface area contributed by atoms with Crippen molar-refractivity contribution in [3.05, 3.63) is 18.3 Å². The Morgan fingerprint density at radius 2 is 2.26 bits per heavy atom. The van der Waals surface area contributed by atoms with Crippen LogP contribution in [0.5, 0.6) is 0 Å². The number of anilines is 2. The van der Waals surface area contributed by atoms with Crippen LogP contribution in [0.4, 0.5) is 11.5 Å². The van der Waals surface area contributed by atoms with Crippen LogP contribution in [-0.2, 0) is 14.6 Å². The minimum atomic E-state index is -2.89. The minimum absolute atomic E-state index is 0.0654. The van der Waals surface area contributed by atoms with E-state index in [2.05, 4.69) is 15.6 Å². The van der Waals surface area contributed by atoms with Gasteiger partial charge in [0.2, 0.25) is 5.91 Å². The summed E-state index contributed by atoms with van der Waals surface area (Å²) in [5.41, 5.74) is 0.636. The first-order chi connectivity index (χ1) is 8.98. The molecule has 6 nitrogen and oxygen atoms in total. The molecular formula is C12H17N3O3S. The zero-order chi connectivity index (χ0) is 13.9. The van der Waals surface area contributed by atoms with Crippen LogP contribution in [0.1, 0.15) is 19.8 Å². The molecule has 104 valence electrons. The van der Waals surface area contributed by atoms with Gasteiger partial charge in [0.1, 0.15) is 5.82 Å². The van der Waals surface area contributed by atoms with E-state index < -0.39 is 9.84 Å². The Hall–Kier alpha value is -1.63. The largest absolute Gasteiger partial charge is 0.366 e. The fraction of sp³-hybridized carbons (Fsp3) is 0.500. The summed E-state index contributed by atoms with van der Waals surface area (Å²) in [6, 6.07) is 3.40. The van der Waals surface area contributed by atoms with E-state index in [0.717, 1.165) is 0 Å². The quantitative estimate of drug-likeness (QED) is 0.861. The van der Waals surface area contributed by atoms with E-state index in [9.17, 15) is 13.2 Å². The van der Waals surface area contributed by atoms with Gasteiger partial charge in [-0.05, 0) is 18.6 Å². The minimum Gasteiger partial charge on any atom is -0.366 e. The number of nitrogens with zero attached hydrogens (tertiary/aromatic N) is 1. The molecule has 0 radical (unpaired) electrons. The predicted octanol–water partition coefficient (Wildman–Crippen LogP) is 1.03. The van der Waals surface area contributed by atoms with Gasteiger partial charge < -0.3 is 10.6 Å². The third kappa shape index (κ3) is 3.92. The standard InChI is InChI=1S/C12H17N3O3S/c1-2-12(16)15-9-3-4-11(13-7-9)14-10-5-6-19(17,18)8-10/h3-4,7,10H,2,5-6,8H2,1H3,(H,13,14)(H,15,16). The van der Waals surface area contributed by atoms with Gasteiger partial charge in [-0.1, -0.05) is 6.92 Å². The Morgan fingerprint density at radius 3 is 2.79 bits per heavy atom. The highest BCUT2D eigenvalue weighted by Gasteiger charge is 2.27. The van der Waals surface area contributed by atoms with Crippen molar-refractivity contribution in [3.63, 3.8) is 0 Å². The molecule has 1 unspecified atom stereocenters. The van der Waals surface area contributed by atoms with Crippen molar-refractivity contribution in [2.24, 2.45) is 0 Å². The third-order valence-electron chi connectivity index (χ3n) is 2.95. The highest BCUT2D eigenvalue weighted by molar-refractivity contribution is 7.91. The number of pyridine rings is 1. The molecule has 7 heteroatoms. The molecule has 1 amide bonds. The first-order valence-electron chi connectivity index (χ1n) is 6.21. The van der Waals surface area contributed by atoms with Crippen LogP contribution >= 0.6 is 0 Å². The average molecular weight is 283 g/mol. The van der Waals surface area contributed by atoms with Gasteiger partial charge in [-0.15, -0.1) is 0 Å². The summed E-state index contributed by atoms with van der Waals surface area (Å²) in [5, 5.41) is 5.79. The number of nitrogens with one attached hydrogen (secondary N) is 2. The maximum atomic E-state index is 11.3. The summed E-state index contributed by atoms with van der Waals surface area (Å²) in [7, 11) is -2.89. The SMILES string of the molecule is CCC(=O)Nc1ccc(NC2CCS(=O)(=O)C2)nc1. The van der Waals surface area contributed by atoms with E-state index in [4.69, 9.17) is 0 Å². The van der Waals surface area contributed by atoms with Crippen molar-refractivity contribution in [3.8, 4) is 0 Å². The topological polar surface area (TPSA) is 88.2 Å². The zero-order valence-corrected chi connectivity index (χ0v) is 11.5. The summed E-state index contributed by atoms with van der Waals surface area (Å²) in [5.74, 6) is 0.944. The van der Waals surface area contributed by atoms with Crippen LogP contribution in [0.3, 0.4) is 0 Å². The van der Waals surface area contributed by atoms with Crippen LogP contribution in [0.15, 0.2) is 18.3 Å². The molecule has 1 fully saturated rings. The number of carbonyl (C=O) groups excluding carboxylic acids is 1. The molecule has 0 bridgehead atoms. The van der Waals surface area contributed by atoms with Crippen molar-refractivity contribution in [1.82, 2.24) is 4.98 Å². The highest BCUT2D eigenvalue weighted by Crippen LogP contribution is 2.17. The Labute approximate surface area is 112 Å². The Kier molecular flexibility index (Phi) is 4.04. The maximum absolute atomic E-state index is 11.3. The van der Waals surface area contributed by atoms with E-state index in [0.29, 0.717) is 24.3 Å². The lowest BCUT2D eigenvalue weighted by molar-refractivity contribution is -0.115. The molecular weight excluding hydrogens is 266 g/mol. The summed E-state index contributed by atoms with van der Waals surface area (Å²) >= 11 is 0. The molecule has 0 aliphatic carbocycles. The zero-order valence-electron chi connectivity index (χ0n) is 10.7. The monoisotopic (exact) mass is 283 g/mol. The van der Waals surface area contributed by atoms with Crippen LogP contribution in [0.2, 0.25) is 0 Å². The van der Waals surface area contributed by atoms with E-state index in [1.54, 1.807) is 25.3 Å². The lowest BCUT2D eigenvalue weighted by atomic mass is 10.2. The highest BCUT2D eigenvalue weighted by atomic mass is 32.2. The van der Waals surface area contributed by atoms with Gasteiger partial charge in [-0.25, -0.2) is 13.4 Å². The normalized spacial score (nSPS) is 21.0. The second kappa shape index (κ2) is 5.56. The number of amides is 1. The van der Waals surface area contributed by atoms with Crippen molar-refractivity contribution < 1.29 is 13.2 Å². The van der Waals surface area contributed by atoms with Crippen LogP contribution in [-0.4, -0.2) is 36.9 Å². The van der Waals surface area contributed by atoms with Crippen LogP contribution in [0.25, 0.3) is 0 Å². The number of hydrogen-bond acceptors (Lipinski definition) is 5. The molecule has 0 aromatic carbocycles. The van der Waals surface area contributed by atoms with Gasteiger partial charge in [0.05, 0.1) is 23.4 Å². The smallest absolute Gasteiger partial charge is 0.224 e. The predicted molar refractivity (Wildman–Crippen MR) is 73.8 cm³/mol. The lowest BCUT2D eigenvalue weighted by Crippen LogP contribution is -2.21. The average Bonchev–Trinajstić information content (AvgIpc) is 2.71. The Morgan fingerprint density at radius 1 is 1.47 bits per heavy atom. The van der Waals surface area contributed by atoms with Crippen molar-refractivity contribution in [2.45, 2.75) is 25.8 Å². The molecule has 19 heavy (non-hydrogen) atoms. The summed E-state index contributed by atoms with van der Waals surface area (Å²) in [4.78, 5) is 15.4. The summed E-state index contributed by atoms with van der Waals surface area (Å²) in [6.45, 7) is 1.78. The lowest BCUT2D eigenvalue weighted by Gasteiger charge is -2.11. The number of aromatic nitrogens is 1. The molecule has 1 aliphatic heterocycles. The molecule has 2 rings (SSSR count). The first kappa shape index (κ1) is 13.8. The molecule has 1 aromatic rings. The van der Waals surface area contributed by atoms with Gasteiger partial charge >= 0.3 is 0 Å². The van der Waals surface area contributed by atoms with Gasteiger partial charge in [0, 0.05) is 12.5 Å². The molecule has 2 N–H and O–H groups in total. The fourth-order valence-electron chi connectivity index (χ4n) is 1.92. The number of hydrogen-bond donors (Lipinski definition) is 2.